The van der Waals surface area contributed by atoms with E-state index in [1.165, 1.54) is 18.2 Å². The van der Waals surface area contributed by atoms with Crippen LogP contribution in [-0.2, 0) is 0 Å². The van der Waals surface area contributed by atoms with Gasteiger partial charge in [-0.2, -0.15) is 0 Å². The summed E-state index contributed by atoms with van der Waals surface area (Å²) in [6.07, 6.45) is -2.82. The summed E-state index contributed by atoms with van der Waals surface area (Å²) in [6, 6.07) is 12.9. The van der Waals surface area contributed by atoms with E-state index in [-0.39, 0.29) is 5.56 Å². The Morgan fingerprint density at radius 1 is 1.14 bits per heavy atom. The van der Waals surface area contributed by atoms with Crippen molar-refractivity contribution >= 4 is 17.3 Å². The summed E-state index contributed by atoms with van der Waals surface area (Å²) in [4.78, 5) is 14.7. The summed E-state index contributed by atoms with van der Waals surface area (Å²) >= 11 is 0. The normalized spacial score (nSPS) is 15.1. The van der Waals surface area contributed by atoms with Crippen LogP contribution in [0.25, 0.3) is 0 Å². The fraction of sp³-hybridized carbons (Fsp3) is 0.350. The number of hydrogen-bond acceptors (Lipinski definition) is 4. The molecule has 0 saturated carbocycles. The molecule has 3 rings (SSSR count). The number of halogens is 3. The average Bonchev–Trinajstić information content (AvgIpc) is 2.67. The molecule has 0 radical (unpaired) electrons. The lowest BCUT2D eigenvalue weighted by Crippen LogP contribution is -2.41. The van der Waals surface area contributed by atoms with Gasteiger partial charge in [0.05, 0.1) is 5.56 Å². The van der Waals surface area contributed by atoms with Gasteiger partial charge in [0.2, 0.25) is 0 Å². The summed E-state index contributed by atoms with van der Waals surface area (Å²) in [5, 5.41) is 5.98. The molecule has 1 fully saturated rings. The van der Waals surface area contributed by atoms with Gasteiger partial charge in [-0.3, -0.25) is 4.79 Å². The molecule has 28 heavy (non-hydrogen) atoms. The van der Waals surface area contributed by atoms with Crippen molar-refractivity contribution in [2.75, 3.05) is 30.4 Å². The largest absolute Gasteiger partial charge is 0.573 e. The standard InChI is InChI=1S/C20H22F3N3O2/c1-26(15-9-11-24-12-10-15)16-6-4-5-14(13-16)25-19(27)17-7-2-3-8-18(17)28-20(21,22)23/h2-8,13,15,24H,9-12H2,1H3,(H,25,27). The van der Waals surface area contributed by atoms with Gasteiger partial charge < -0.3 is 20.3 Å². The highest BCUT2D eigenvalue weighted by Gasteiger charge is 2.32. The molecule has 2 N–H and O–H groups in total. The van der Waals surface area contributed by atoms with Crippen LogP contribution in [0.15, 0.2) is 48.5 Å². The summed E-state index contributed by atoms with van der Waals surface area (Å²) < 4.78 is 41.7. The van der Waals surface area contributed by atoms with Gasteiger partial charge in [0.1, 0.15) is 5.75 Å². The van der Waals surface area contributed by atoms with Crippen LogP contribution in [0.4, 0.5) is 24.5 Å². The lowest BCUT2D eigenvalue weighted by atomic mass is 10.0. The zero-order chi connectivity index (χ0) is 20.1. The quantitative estimate of drug-likeness (QED) is 0.806. The Bertz CT molecular complexity index is 820. The number of anilines is 2. The van der Waals surface area contributed by atoms with Gasteiger partial charge in [-0.15, -0.1) is 13.2 Å². The van der Waals surface area contributed by atoms with Crippen molar-refractivity contribution < 1.29 is 22.7 Å². The van der Waals surface area contributed by atoms with Crippen molar-refractivity contribution in [2.24, 2.45) is 0 Å². The second-order valence-corrected chi connectivity index (χ2v) is 6.64. The maximum absolute atomic E-state index is 12.6. The molecule has 1 saturated heterocycles. The Hall–Kier alpha value is -2.74. The van der Waals surface area contributed by atoms with E-state index in [2.05, 4.69) is 20.3 Å². The van der Waals surface area contributed by atoms with Gasteiger partial charge in [-0.05, 0) is 56.3 Å². The lowest BCUT2D eigenvalue weighted by molar-refractivity contribution is -0.274. The molecular formula is C20H22F3N3O2. The average molecular weight is 393 g/mol. The Kier molecular flexibility index (Phi) is 6.08. The summed E-state index contributed by atoms with van der Waals surface area (Å²) in [6.45, 7) is 1.92. The third-order valence-corrected chi connectivity index (χ3v) is 4.73. The number of piperidine rings is 1. The molecule has 1 amide bonds. The van der Waals surface area contributed by atoms with E-state index in [9.17, 15) is 18.0 Å². The number of para-hydroxylation sites is 1. The number of alkyl halides is 3. The van der Waals surface area contributed by atoms with E-state index >= 15 is 0 Å². The van der Waals surface area contributed by atoms with E-state index in [0.717, 1.165) is 37.7 Å². The monoisotopic (exact) mass is 393 g/mol. The fourth-order valence-electron chi connectivity index (χ4n) is 3.27. The van der Waals surface area contributed by atoms with Crippen LogP contribution in [0.5, 0.6) is 5.75 Å². The Labute approximate surface area is 161 Å². The van der Waals surface area contributed by atoms with Crippen LogP contribution in [0.2, 0.25) is 0 Å². The first-order chi connectivity index (χ1) is 13.3. The summed E-state index contributed by atoms with van der Waals surface area (Å²) in [5.41, 5.74) is 1.26. The van der Waals surface area contributed by atoms with Crippen LogP contribution in [-0.4, -0.2) is 38.4 Å². The van der Waals surface area contributed by atoms with Crippen LogP contribution >= 0.6 is 0 Å². The first-order valence-corrected chi connectivity index (χ1v) is 9.03. The highest BCUT2D eigenvalue weighted by Crippen LogP contribution is 2.28. The third-order valence-electron chi connectivity index (χ3n) is 4.73. The van der Waals surface area contributed by atoms with Crippen molar-refractivity contribution in [1.29, 1.82) is 0 Å². The van der Waals surface area contributed by atoms with E-state index < -0.39 is 18.0 Å². The van der Waals surface area contributed by atoms with Gasteiger partial charge in [-0.1, -0.05) is 18.2 Å². The molecule has 2 aromatic rings. The number of rotatable bonds is 5. The molecule has 2 aromatic carbocycles. The molecule has 0 atom stereocenters. The maximum Gasteiger partial charge on any atom is 0.573 e. The molecule has 0 unspecified atom stereocenters. The minimum absolute atomic E-state index is 0.183. The van der Waals surface area contributed by atoms with Crippen LogP contribution < -0.4 is 20.3 Å². The van der Waals surface area contributed by atoms with E-state index in [1.807, 2.05) is 19.2 Å². The topological polar surface area (TPSA) is 53.6 Å². The van der Waals surface area contributed by atoms with Gasteiger partial charge in [-0.25, -0.2) is 0 Å². The first-order valence-electron chi connectivity index (χ1n) is 9.03. The number of benzene rings is 2. The van der Waals surface area contributed by atoms with E-state index in [4.69, 9.17) is 0 Å². The number of hydrogen-bond donors (Lipinski definition) is 2. The van der Waals surface area contributed by atoms with Crippen LogP contribution in [0.3, 0.4) is 0 Å². The molecule has 1 heterocycles. The number of carbonyl (C=O) groups excluding carboxylic acids is 1. The van der Waals surface area contributed by atoms with Crippen molar-refractivity contribution in [3.05, 3.63) is 54.1 Å². The minimum atomic E-state index is -4.87. The zero-order valence-electron chi connectivity index (χ0n) is 15.4. The van der Waals surface area contributed by atoms with E-state index in [0.29, 0.717) is 11.7 Å². The molecule has 150 valence electrons. The van der Waals surface area contributed by atoms with Crippen LogP contribution in [0.1, 0.15) is 23.2 Å². The van der Waals surface area contributed by atoms with Crippen molar-refractivity contribution in [2.45, 2.75) is 25.2 Å². The molecular weight excluding hydrogens is 371 g/mol. The highest BCUT2D eigenvalue weighted by atomic mass is 19.4. The number of carbonyl (C=O) groups is 1. The molecule has 0 bridgehead atoms. The van der Waals surface area contributed by atoms with E-state index in [1.54, 1.807) is 12.1 Å². The molecule has 0 aromatic heterocycles. The molecule has 0 aliphatic carbocycles. The smallest absolute Gasteiger partial charge is 0.405 e. The number of ether oxygens (including phenoxy) is 1. The minimum Gasteiger partial charge on any atom is -0.405 e. The predicted octanol–water partition coefficient (Wildman–Crippen LogP) is 4.03. The third kappa shape index (κ3) is 5.16. The second kappa shape index (κ2) is 8.52. The molecule has 8 heteroatoms. The first kappa shape index (κ1) is 20.0. The number of nitrogens with zero attached hydrogens (tertiary/aromatic N) is 1. The van der Waals surface area contributed by atoms with Gasteiger partial charge in [0, 0.05) is 24.5 Å². The summed E-state index contributed by atoms with van der Waals surface area (Å²) in [5.74, 6) is -1.20. The Morgan fingerprint density at radius 3 is 2.57 bits per heavy atom. The van der Waals surface area contributed by atoms with Gasteiger partial charge in [0.25, 0.3) is 5.91 Å². The second-order valence-electron chi connectivity index (χ2n) is 6.64. The zero-order valence-corrected chi connectivity index (χ0v) is 15.4. The molecule has 1 aliphatic rings. The summed E-state index contributed by atoms with van der Waals surface area (Å²) in [7, 11) is 2.00. The molecule has 0 spiro atoms. The van der Waals surface area contributed by atoms with Crippen molar-refractivity contribution in [1.82, 2.24) is 5.32 Å². The Balaban J connectivity index is 1.75. The van der Waals surface area contributed by atoms with Crippen molar-refractivity contribution in [3.8, 4) is 5.75 Å². The maximum atomic E-state index is 12.6. The number of amides is 1. The highest BCUT2D eigenvalue weighted by molar-refractivity contribution is 6.06. The molecule has 5 nitrogen and oxygen atoms in total. The SMILES string of the molecule is CN(c1cccc(NC(=O)c2ccccc2OC(F)(F)F)c1)C1CCNCC1. The Morgan fingerprint density at radius 2 is 1.86 bits per heavy atom. The van der Waals surface area contributed by atoms with Gasteiger partial charge >= 0.3 is 6.36 Å². The van der Waals surface area contributed by atoms with Crippen molar-refractivity contribution in [3.63, 3.8) is 0 Å². The molecule has 1 aliphatic heterocycles. The van der Waals surface area contributed by atoms with Crippen LogP contribution in [0, 0.1) is 0 Å². The lowest BCUT2D eigenvalue weighted by Gasteiger charge is -2.33. The number of nitrogens with one attached hydrogen (secondary N) is 2. The predicted molar refractivity (Wildman–Crippen MR) is 102 cm³/mol. The van der Waals surface area contributed by atoms with Gasteiger partial charge in [0.15, 0.2) is 0 Å². The fourth-order valence-corrected chi connectivity index (χ4v) is 3.27.